The summed E-state index contributed by atoms with van der Waals surface area (Å²) in [5.74, 6) is 0. The van der Waals surface area contributed by atoms with Crippen LogP contribution in [0.25, 0.3) is 0 Å². The smallest absolute Gasteiger partial charge is 0.319 e. The number of nitrogens with zero attached hydrogens (tertiary/aromatic N) is 1. The van der Waals surface area contributed by atoms with E-state index in [1.807, 2.05) is 13.0 Å². The van der Waals surface area contributed by atoms with Gasteiger partial charge in [-0.2, -0.15) is 0 Å². The summed E-state index contributed by atoms with van der Waals surface area (Å²) < 4.78 is 0. The molecule has 0 fully saturated rings. The van der Waals surface area contributed by atoms with Crippen molar-refractivity contribution in [1.82, 2.24) is 10.3 Å². The second-order valence-corrected chi connectivity index (χ2v) is 2.81. The molecule has 0 unspecified atom stereocenters. The van der Waals surface area contributed by atoms with E-state index in [0.717, 1.165) is 5.69 Å². The third-order valence-corrected chi connectivity index (χ3v) is 1.58. The summed E-state index contributed by atoms with van der Waals surface area (Å²) in [6, 6.07) is 3.38. The minimum Gasteiger partial charge on any atom is -0.334 e. The van der Waals surface area contributed by atoms with Crippen LogP contribution in [0.3, 0.4) is 0 Å². The Morgan fingerprint density at radius 2 is 2.43 bits per heavy atom. The lowest BCUT2D eigenvalue weighted by Gasteiger charge is -2.05. The Labute approximate surface area is 83.0 Å². The monoisotopic (exact) mass is 191 g/mol. The normalized spacial score (nSPS) is 9.21. The molecule has 0 aliphatic heterocycles. The molecule has 1 aromatic heterocycles. The fourth-order valence-corrected chi connectivity index (χ4v) is 0.882. The van der Waals surface area contributed by atoms with Gasteiger partial charge in [-0.3, -0.25) is 4.98 Å². The second kappa shape index (κ2) is 5.01. The minimum absolute atomic E-state index is 0.254. The van der Waals surface area contributed by atoms with Crippen molar-refractivity contribution in [3.05, 3.63) is 36.7 Å². The first kappa shape index (κ1) is 10.2. The number of carbonyl (C=O) groups excluding carboxylic acids is 1. The summed E-state index contributed by atoms with van der Waals surface area (Å²) >= 11 is 0. The number of aryl methyl sites for hydroxylation is 1. The number of aromatic nitrogens is 1. The zero-order valence-electron chi connectivity index (χ0n) is 8.08. The van der Waals surface area contributed by atoms with Crippen molar-refractivity contribution in [3.8, 4) is 0 Å². The van der Waals surface area contributed by atoms with Crippen molar-refractivity contribution in [3.63, 3.8) is 0 Å². The molecule has 0 saturated heterocycles. The third kappa shape index (κ3) is 3.26. The molecule has 1 heterocycles. The molecule has 4 nitrogen and oxygen atoms in total. The van der Waals surface area contributed by atoms with Gasteiger partial charge in [-0.15, -0.1) is 6.58 Å². The molecule has 2 N–H and O–H groups in total. The zero-order valence-corrected chi connectivity index (χ0v) is 8.08. The molecule has 0 aromatic carbocycles. The Bertz CT molecular complexity index is 319. The van der Waals surface area contributed by atoms with Gasteiger partial charge in [-0.1, -0.05) is 6.08 Å². The topological polar surface area (TPSA) is 54.0 Å². The summed E-state index contributed by atoms with van der Waals surface area (Å²) in [7, 11) is 0. The number of nitrogens with one attached hydrogen (secondary N) is 2. The van der Waals surface area contributed by atoms with Crippen LogP contribution in [0.1, 0.15) is 5.69 Å². The highest BCUT2D eigenvalue weighted by Gasteiger charge is 1.98. The van der Waals surface area contributed by atoms with Crippen molar-refractivity contribution >= 4 is 11.7 Å². The first-order chi connectivity index (χ1) is 6.72. The third-order valence-electron chi connectivity index (χ3n) is 1.58. The molecule has 4 heteroatoms. The largest absolute Gasteiger partial charge is 0.334 e. The number of amides is 2. The summed E-state index contributed by atoms with van der Waals surface area (Å²) in [6.45, 7) is 5.84. The van der Waals surface area contributed by atoms with Crippen LogP contribution in [0, 0.1) is 6.92 Å². The Hall–Kier alpha value is -1.84. The van der Waals surface area contributed by atoms with Crippen molar-refractivity contribution in [2.75, 3.05) is 11.9 Å². The predicted molar refractivity (Wildman–Crippen MR) is 56.2 cm³/mol. The summed E-state index contributed by atoms with van der Waals surface area (Å²) in [5, 5.41) is 5.24. The molecule has 1 rings (SSSR count). The van der Waals surface area contributed by atoms with Crippen molar-refractivity contribution in [1.29, 1.82) is 0 Å². The van der Waals surface area contributed by atoms with E-state index in [1.165, 1.54) is 0 Å². The minimum atomic E-state index is -0.254. The van der Waals surface area contributed by atoms with Crippen LogP contribution in [0.5, 0.6) is 0 Å². The van der Waals surface area contributed by atoms with E-state index >= 15 is 0 Å². The van der Waals surface area contributed by atoms with Gasteiger partial charge >= 0.3 is 6.03 Å². The molecule has 14 heavy (non-hydrogen) atoms. The molecule has 0 radical (unpaired) electrons. The van der Waals surface area contributed by atoms with Gasteiger partial charge in [-0.25, -0.2) is 4.79 Å². The summed E-state index contributed by atoms with van der Waals surface area (Å²) in [6.07, 6.45) is 3.23. The lowest BCUT2D eigenvalue weighted by Crippen LogP contribution is -2.28. The average Bonchev–Trinajstić information content (AvgIpc) is 2.18. The Balaban J connectivity index is 2.47. The number of hydrogen-bond donors (Lipinski definition) is 2. The van der Waals surface area contributed by atoms with E-state index in [9.17, 15) is 4.79 Å². The molecule has 0 atom stereocenters. The first-order valence-electron chi connectivity index (χ1n) is 4.31. The van der Waals surface area contributed by atoms with Gasteiger partial charge in [0.2, 0.25) is 0 Å². The van der Waals surface area contributed by atoms with Crippen LogP contribution < -0.4 is 10.6 Å². The molecular weight excluding hydrogens is 178 g/mol. The van der Waals surface area contributed by atoms with E-state index in [1.54, 1.807) is 18.3 Å². The predicted octanol–water partition coefficient (Wildman–Crippen LogP) is 1.70. The Morgan fingerprint density at radius 1 is 1.64 bits per heavy atom. The average molecular weight is 191 g/mol. The van der Waals surface area contributed by atoms with Gasteiger partial charge in [0.15, 0.2) is 0 Å². The molecule has 0 bridgehead atoms. The van der Waals surface area contributed by atoms with Crippen molar-refractivity contribution < 1.29 is 4.79 Å². The van der Waals surface area contributed by atoms with Crippen LogP contribution in [-0.2, 0) is 0 Å². The van der Waals surface area contributed by atoms with Gasteiger partial charge in [0.1, 0.15) is 0 Å². The number of hydrogen-bond acceptors (Lipinski definition) is 2. The van der Waals surface area contributed by atoms with Crippen LogP contribution >= 0.6 is 0 Å². The van der Waals surface area contributed by atoms with E-state index in [2.05, 4.69) is 22.2 Å². The molecular formula is C10H13N3O. The van der Waals surface area contributed by atoms with Crippen LogP contribution in [0.2, 0.25) is 0 Å². The second-order valence-electron chi connectivity index (χ2n) is 2.81. The molecule has 0 aliphatic carbocycles. The molecule has 0 spiro atoms. The van der Waals surface area contributed by atoms with Crippen molar-refractivity contribution in [2.24, 2.45) is 0 Å². The van der Waals surface area contributed by atoms with Gasteiger partial charge in [0, 0.05) is 12.2 Å². The highest BCUT2D eigenvalue weighted by molar-refractivity contribution is 5.89. The molecule has 74 valence electrons. The molecule has 1 aromatic rings. The number of carbonyl (C=O) groups is 1. The number of urea groups is 1. The van der Waals surface area contributed by atoms with Gasteiger partial charge in [0.25, 0.3) is 0 Å². The quantitative estimate of drug-likeness (QED) is 0.714. The summed E-state index contributed by atoms with van der Waals surface area (Å²) in [4.78, 5) is 15.2. The maximum atomic E-state index is 11.2. The first-order valence-corrected chi connectivity index (χ1v) is 4.31. The van der Waals surface area contributed by atoms with E-state index in [0.29, 0.717) is 12.2 Å². The molecule has 0 saturated carbocycles. The van der Waals surface area contributed by atoms with E-state index in [4.69, 9.17) is 0 Å². The lowest BCUT2D eigenvalue weighted by molar-refractivity contribution is 0.253. The fraction of sp³-hybridized carbons (Fsp3) is 0.200. The highest BCUT2D eigenvalue weighted by Crippen LogP contribution is 2.04. The zero-order chi connectivity index (χ0) is 10.4. The summed E-state index contributed by atoms with van der Waals surface area (Å²) in [5.41, 5.74) is 1.60. The van der Waals surface area contributed by atoms with E-state index < -0.39 is 0 Å². The van der Waals surface area contributed by atoms with E-state index in [-0.39, 0.29) is 6.03 Å². The van der Waals surface area contributed by atoms with Crippen LogP contribution in [-0.4, -0.2) is 17.6 Å². The Morgan fingerprint density at radius 3 is 3.00 bits per heavy atom. The van der Waals surface area contributed by atoms with Gasteiger partial charge < -0.3 is 10.6 Å². The number of rotatable bonds is 3. The number of anilines is 1. The highest BCUT2D eigenvalue weighted by atomic mass is 16.2. The fourth-order valence-electron chi connectivity index (χ4n) is 0.882. The number of pyridine rings is 1. The molecule has 2 amide bonds. The standard InChI is InChI=1S/C10H13N3O/c1-3-6-11-10(14)13-9-5-4-8(2)12-7-9/h3-5,7H,1,6H2,2H3,(H2,11,13,14). The van der Waals surface area contributed by atoms with Gasteiger partial charge in [-0.05, 0) is 19.1 Å². The maximum absolute atomic E-state index is 11.2. The molecule has 0 aliphatic rings. The van der Waals surface area contributed by atoms with Crippen molar-refractivity contribution in [2.45, 2.75) is 6.92 Å². The maximum Gasteiger partial charge on any atom is 0.319 e. The SMILES string of the molecule is C=CCNC(=O)Nc1ccc(C)nc1. The van der Waals surface area contributed by atoms with Gasteiger partial charge in [0.05, 0.1) is 11.9 Å². The Kier molecular flexibility index (Phi) is 3.67. The lowest BCUT2D eigenvalue weighted by atomic mass is 10.3. The van der Waals surface area contributed by atoms with Crippen LogP contribution in [0.4, 0.5) is 10.5 Å². The van der Waals surface area contributed by atoms with Crippen LogP contribution in [0.15, 0.2) is 31.0 Å².